The van der Waals surface area contributed by atoms with Gasteiger partial charge in [-0.15, -0.1) is 0 Å². The molecule has 4 rings (SSSR count). The van der Waals surface area contributed by atoms with Crippen molar-refractivity contribution in [1.29, 1.82) is 0 Å². The van der Waals surface area contributed by atoms with E-state index in [2.05, 4.69) is 37.5 Å². The summed E-state index contributed by atoms with van der Waals surface area (Å²) in [7, 11) is 0. The van der Waals surface area contributed by atoms with Gasteiger partial charge in [-0.05, 0) is 62.2 Å². The maximum absolute atomic E-state index is 12.8. The zero-order valence-corrected chi connectivity index (χ0v) is 19.9. The van der Waals surface area contributed by atoms with E-state index < -0.39 is 5.91 Å². The van der Waals surface area contributed by atoms with Crippen molar-refractivity contribution in [3.05, 3.63) is 65.5 Å². The predicted molar refractivity (Wildman–Crippen MR) is 138 cm³/mol. The first-order valence-electron chi connectivity index (χ1n) is 11.7. The molecule has 2 aromatic heterocycles. The number of carbonyl (C=O) groups is 2. The molecule has 1 fully saturated rings. The SMILES string of the molecule is C=Cc1cnc(C(=O)Nc2nc3c(C(=O)NC4CCNCC4)cccc3[nH]2)cc1/C=C\C.CC. The minimum atomic E-state index is -0.397. The molecule has 0 radical (unpaired) electrons. The molecule has 0 saturated carbocycles. The van der Waals surface area contributed by atoms with Crippen LogP contribution >= 0.6 is 0 Å². The summed E-state index contributed by atoms with van der Waals surface area (Å²) in [6.07, 6.45) is 8.88. The number of benzene rings is 1. The summed E-state index contributed by atoms with van der Waals surface area (Å²) in [6.45, 7) is 11.5. The van der Waals surface area contributed by atoms with E-state index in [1.807, 2.05) is 39.0 Å². The molecule has 34 heavy (non-hydrogen) atoms. The van der Waals surface area contributed by atoms with Crippen LogP contribution in [0.25, 0.3) is 23.2 Å². The van der Waals surface area contributed by atoms with Gasteiger partial charge in [-0.2, -0.15) is 0 Å². The number of anilines is 1. The van der Waals surface area contributed by atoms with E-state index in [4.69, 9.17) is 0 Å². The Morgan fingerprint density at radius 2 is 1.91 bits per heavy atom. The molecule has 1 aliphatic heterocycles. The molecule has 3 aromatic rings. The summed E-state index contributed by atoms with van der Waals surface area (Å²) in [6, 6.07) is 7.20. The highest BCUT2D eigenvalue weighted by Gasteiger charge is 2.20. The third-order valence-electron chi connectivity index (χ3n) is 5.43. The van der Waals surface area contributed by atoms with Crippen LogP contribution in [0.2, 0.25) is 0 Å². The van der Waals surface area contributed by atoms with Gasteiger partial charge in [0.25, 0.3) is 11.8 Å². The number of carbonyl (C=O) groups excluding carboxylic acids is 2. The first kappa shape index (κ1) is 24.9. The van der Waals surface area contributed by atoms with Gasteiger partial charge in [-0.25, -0.2) is 4.98 Å². The molecule has 0 aliphatic carbocycles. The smallest absolute Gasteiger partial charge is 0.276 e. The fraction of sp³-hybridized carbons (Fsp3) is 0.308. The van der Waals surface area contributed by atoms with E-state index in [-0.39, 0.29) is 23.6 Å². The first-order valence-corrected chi connectivity index (χ1v) is 11.7. The Balaban J connectivity index is 0.00000158. The zero-order valence-electron chi connectivity index (χ0n) is 19.9. The number of nitrogens with zero attached hydrogens (tertiary/aromatic N) is 2. The van der Waals surface area contributed by atoms with Gasteiger partial charge >= 0.3 is 0 Å². The molecular weight excluding hydrogens is 428 g/mol. The van der Waals surface area contributed by atoms with E-state index in [1.165, 1.54) is 0 Å². The van der Waals surface area contributed by atoms with Crippen molar-refractivity contribution in [2.75, 3.05) is 18.4 Å². The number of hydrogen-bond acceptors (Lipinski definition) is 5. The number of imidazole rings is 1. The largest absolute Gasteiger partial charge is 0.349 e. The van der Waals surface area contributed by atoms with Crippen LogP contribution in [0.15, 0.2) is 43.1 Å². The fourth-order valence-corrected chi connectivity index (χ4v) is 3.78. The lowest BCUT2D eigenvalue weighted by Crippen LogP contribution is -2.42. The second-order valence-electron chi connectivity index (χ2n) is 7.64. The van der Waals surface area contributed by atoms with E-state index in [0.717, 1.165) is 37.1 Å². The van der Waals surface area contributed by atoms with Crippen molar-refractivity contribution < 1.29 is 9.59 Å². The molecule has 1 saturated heterocycles. The van der Waals surface area contributed by atoms with Crippen LogP contribution in [0.5, 0.6) is 0 Å². The predicted octanol–water partition coefficient (Wildman–Crippen LogP) is 4.39. The quantitative estimate of drug-likeness (QED) is 0.436. The van der Waals surface area contributed by atoms with Crippen LogP contribution in [0.3, 0.4) is 0 Å². The maximum atomic E-state index is 12.8. The second-order valence-corrected chi connectivity index (χ2v) is 7.64. The summed E-state index contributed by atoms with van der Waals surface area (Å²) in [5, 5.41) is 9.12. The number of fused-ring (bicyclic) bond motifs is 1. The second kappa shape index (κ2) is 11.9. The highest BCUT2D eigenvalue weighted by molar-refractivity contribution is 6.07. The number of para-hydroxylation sites is 1. The van der Waals surface area contributed by atoms with Crippen LogP contribution in [0.1, 0.15) is 65.6 Å². The topological polar surface area (TPSA) is 112 Å². The van der Waals surface area contributed by atoms with Crippen LogP contribution in [0, 0.1) is 0 Å². The standard InChI is InChI=1S/C24H26N6O2.C2H6/c1-3-6-16-13-20(26-14-15(16)4-2)23(32)30-24-28-19-8-5-7-18(21(19)29-24)22(31)27-17-9-11-25-12-10-17;1-2/h3-8,13-14,17,25H,2,9-12H2,1H3,(H,27,31)(H2,28,29,30,32);1-2H3/b6-3-;. The number of rotatable bonds is 6. The summed E-state index contributed by atoms with van der Waals surface area (Å²) in [5.41, 5.74) is 3.60. The Labute approximate surface area is 200 Å². The van der Waals surface area contributed by atoms with Gasteiger partial charge in [-0.3, -0.25) is 19.9 Å². The van der Waals surface area contributed by atoms with Crippen LogP contribution in [-0.4, -0.2) is 45.9 Å². The number of piperidine rings is 1. The van der Waals surface area contributed by atoms with Gasteiger partial charge in [-0.1, -0.05) is 44.7 Å². The summed E-state index contributed by atoms with van der Waals surface area (Å²) < 4.78 is 0. The number of aromatic amines is 1. The number of hydrogen-bond donors (Lipinski definition) is 4. The molecule has 0 unspecified atom stereocenters. The molecule has 1 aromatic carbocycles. The summed E-state index contributed by atoms with van der Waals surface area (Å²) in [4.78, 5) is 37.4. The van der Waals surface area contributed by atoms with Crippen molar-refractivity contribution in [3.8, 4) is 0 Å². The molecule has 1 aliphatic rings. The Kier molecular flexibility index (Phi) is 8.70. The Morgan fingerprint density at radius 3 is 2.62 bits per heavy atom. The van der Waals surface area contributed by atoms with Gasteiger partial charge < -0.3 is 15.6 Å². The molecule has 4 N–H and O–H groups in total. The van der Waals surface area contributed by atoms with Crippen LogP contribution in [0.4, 0.5) is 5.95 Å². The molecule has 8 nitrogen and oxygen atoms in total. The number of pyridine rings is 1. The fourth-order valence-electron chi connectivity index (χ4n) is 3.78. The van der Waals surface area contributed by atoms with Gasteiger partial charge in [0.1, 0.15) is 11.2 Å². The minimum Gasteiger partial charge on any atom is -0.349 e. The third kappa shape index (κ3) is 5.77. The van der Waals surface area contributed by atoms with E-state index in [1.54, 1.807) is 30.5 Å². The van der Waals surface area contributed by atoms with Gasteiger partial charge in [0.05, 0.1) is 11.1 Å². The van der Waals surface area contributed by atoms with Crippen molar-refractivity contribution in [2.24, 2.45) is 0 Å². The molecule has 8 heteroatoms. The van der Waals surface area contributed by atoms with Crippen molar-refractivity contribution in [1.82, 2.24) is 25.6 Å². The van der Waals surface area contributed by atoms with E-state index in [0.29, 0.717) is 16.6 Å². The summed E-state index contributed by atoms with van der Waals surface area (Å²) in [5.74, 6) is -0.301. The minimum absolute atomic E-state index is 0.146. The lowest BCUT2D eigenvalue weighted by Gasteiger charge is -2.23. The maximum Gasteiger partial charge on any atom is 0.276 e. The van der Waals surface area contributed by atoms with Gasteiger partial charge in [0.15, 0.2) is 0 Å². The molecule has 0 bridgehead atoms. The average molecular weight is 461 g/mol. The lowest BCUT2D eigenvalue weighted by atomic mass is 10.1. The van der Waals surface area contributed by atoms with Crippen molar-refractivity contribution in [2.45, 2.75) is 39.7 Å². The van der Waals surface area contributed by atoms with Crippen LogP contribution < -0.4 is 16.0 Å². The molecule has 0 atom stereocenters. The lowest BCUT2D eigenvalue weighted by molar-refractivity contribution is 0.0930. The number of aromatic nitrogens is 3. The molecule has 178 valence electrons. The first-order chi connectivity index (χ1) is 16.6. The van der Waals surface area contributed by atoms with E-state index in [9.17, 15) is 9.59 Å². The van der Waals surface area contributed by atoms with Crippen molar-refractivity contribution in [3.63, 3.8) is 0 Å². The molecule has 0 spiro atoms. The molecular formula is C26H32N6O2. The number of amides is 2. The van der Waals surface area contributed by atoms with E-state index >= 15 is 0 Å². The van der Waals surface area contributed by atoms with Gasteiger partial charge in [0, 0.05) is 12.2 Å². The third-order valence-corrected chi connectivity index (χ3v) is 5.43. The highest BCUT2D eigenvalue weighted by atomic mass is 16.2. The highest BCUT2D eigenvalue weighted by Crippen LogP contribution is 2.20. The molecule has 2 amide bonds. The number of allylic oxidation sites excluding steroid dienone is 1. The van der Waals surface area contributed by atoms with Gasteiger partial charge in [0.2, 0.25) is 5.95 Å². The summed E-state index contributed by atoms with van der Waals surface area (Å²) >= 11 is 0. The Bertz CT molecular complexity index is 1190. The van der Waals surface area contributed by atoms with Crippen molar-refractivity contribution >= 4 is 40.9 Å². The number of nitrogens with one attached hydrogen (secondary N) is 4. The Hall–Kier alpha value is -3.78. The zero-order chi connectivity index (χ0) is 24.5. The average Bonchev–Trinajstić information content (AvgIpc) is 3.28. The number of H-pyrrole nitrogens is 1. The van der Waals surface area contributed by atoms with Crippen LogP contribution in [-0.2, 0) is 0 Å². The monoisotopic (exact) mass is 460 g/mol. The Morgan fingerprint density at radius 1 is 1.15 bits per heavy atom. The normalized spacial score (nSPS) is 13.9. The molecule has 3 heterocycles.